The Labute approximate surface area is 176 Å². The Bertz CT molecular complexity index is 792. The lowest BCUT2D eigenvalue weighted by Crippen LogP contribution is -2.06. The van der Waals surface area contributed by atoms with Crippen molar-refractivity contribution in [3.63, 3.8) is 0 Å². The summed E-state index contributed by atoms with van der Waals surface area (Å²) in [5.74, 6) is 0.736. The van der Waals surface area contributed by atoms with Gasteiger partial charge in [-0.05, 0) is 55.1 Å². The monoisotopic (exact) mass is 390 g/mol. The van der Waals surface area contributed by atoms with E-state index in [1.165, 1.54) is 5.57 Å². The molecule has 2 nitrogen and oxygen atoms in total. The molecule has 2 aliphatic carbocycles. The Morgan fingerprint density at radius 1 is 1.21 bits per heavy atom. The van der Waals surface area contributed by atoms with Crippen LogP contribution in [0.2, 0.25) is 0 Å². The average molecular weight is 391 g/mol. The van der Waals surface area contributed by atoms with Crippen molar-refractivity contribution in [2.75, 3.05) is 6.61 Å². The largest absolute Gasteiger partial charge is 0.493 e. The molecule has 0 aromatic carbocycles. The minimum Gasteiger partial charge on any atom is -0.493 e. The van der Waals surface area contributed by atoms with Gasteiger partial charge in [-0.1, -0.05) is 88.1 Å². The summed E-state index contributed by atoms with van der Waals surface area (Å²) in [6.07, 6.45) is 27.3. The highest BCUT2D eigenvalue weighted by Crippen LogP contribution is 2.24. The molecule has 0 aliphatic heterocycles. The van der Waals surface area contributed by atoms with Gasteiger partial charge in [-0.15, -0.1) is 0 Å². The van der Waals surface area contributed by atoms with Crippen molar-refractivity contribution in [3.8, 4) is 0 Å². The van der Waals surface area contributed by atoms with Gasteiger partial charge in [-0.3, -0.25) is 4.79 Å². The molecular formula is C27H34O2. The van der Waals surface area contributed by atoms with E-state index >= 15 is 0 Å². The van der Waals surface area contributed by atoms with E-state index in [9.17, 15) is 4.79 Å². The predicted octanol–water partition coefficient (Wildman–Crippen LogP) is 7.14. The Morgan fingerprint density at radius 2 is 1.97 bits per heavy atom. The summed E-state index contributed by atoms with van der Waals surface area (Å²) in [7, 11) is 0. The normalized spacial score (nSPS) is 17.2. The molecule has 0 N–H and O–H groups in total. The maximum Gasteiger partial charge on any atom is 0.189 e. The van der Waals surface area contributed by atoms with Crippen LogP contribution in [0.25, 0.3) is 0 Å². The smallest absolute Gasteiger partial charge is 0.189 e. The second-order valence-corrected chi connectivity index (χ2v) is 6.30. The van der Waals surface area contributed by atoms with Gasteiger partial charge in [0.1, 0.15) is 5.76 Å². The van der Waals surface area contributed by atoms with Gasteiger partial charge in [0.05, 0.1) is 12.2 Å². The summed E-state index contributed by atoms with van der Waals surface area (Å²) < 4.78 is 5.65. The molecule has 0 spiro atoms. The number of carbonyl (C=O) groups is 1. The number of allylic oxidation sites excluding steroid dienone is 16. The van der Waals surface area contributed by atoms with Crippen molar-refractivity contribution in [1.82, 2.24) is 0 Å². The highest BCUT2D eigenvalue weighted by molar-refractivity contribution is 6.07. The van der Waals surface area contributed by atoms with Crippen LogP contribution in [0, 0.1) is 5.92 Å². The summed E-state index contributed by atoms with van der Waals surface area (Å²) in [6.45, 7) is 12.3. The van der Waals surface area contributed by atoms with E-state index in [2.05, 4.69) is 43.9 Å². The standard InChI is InChI=1S/C25H28O2.C2H6/c1-4-6-13-21-14-9-7-10-15-22(21)20(3)18-19-24(26)23-16-11-8-12-17-25(23)27-5-2;1-2/h4,6,8-11,13-20H,1,5,7,12H2,2-3H3;1-2H3/b13-6-,19-18+;. The van der Waals surface area contributed by atoms with Crippen LogP contribution < -0.4 is 0 Å². The lowest BCUT2D eigenvalue weighted by Gasteiger charge is -2.12. The fourth-order valence-electron chi connectivity index (χ4n) is 2.93. The van der Waals surface area contributed by atoms with E-state index in [4.69, 9.17) is 4.74 Å². The van der Waals surface area contributed by atoms with E-state index < -0.39 is 0 Å². The highest BCUT2D eigenvalue weighted by atomic mass is 16.5. The molecule has 2 rings (SSSR count). The third-order valence-electron chi connectivity index (χ3n) is 4.31. The Kier molecular flexibility index (Phi) is 11.8. The van der Waals surface area contributed by atoms with E-state index in [-0.39, 0.29) is 11.7 Å². The van der Waals surface area contributed by atoms with Crippen molar-refractivity contribution in [1.29, 1.82) is 0 Å². The van der Waals surface area contributed by atoms with Crippen LogP contribution in [0.4, 0.5) is 0 Å². The second-order valence-electron chi connectivity index (χ2n) is 6.30. The van der Waals surface area contributed by atoms with Gasteiger partial charge in [-0.2, -0.15) is 0 Å². The first kappa shape index (κ1) is 24.2. The quantitative estimate of drug-likeness (QED) is 0.325. The number of hydrogen-bond acceptors (Lipinski definition) is 2. The zero-order valence-corrected chi connectivity index (χ0v) is 18.2. The number of ketones is 1. The molecule has 1 unspecified atom stereocenters. The lowest BCUT2D eigenvalue weighted by atomic mass is 9.94. The molecule has 0 radical (unpaired) electrons. The zero-order valence-electron chi connectivity index (χ0n) is 18.2. The van der Waals surface area contributed by atoms with Crippen LogP contribution in [0.5, 0.6) is 0 Å². The van der Waals surface area contributed by atoms with Gasteiger partial charge in [-0.25, -0.2) is 0 Å². The maximum absolute atomic E-state index is 12.8. The number of hydrogen-bond donors (Lipinski definition) is 0. The number of rotatable bonds is 8. The topological polar surface area (TPSA) is 26.3 Å². The van der Waals surface area contributed by atoms with Gasteiger partial charge >= 0.3 is 0 Å². The third-order valence-corrected chi connectivity index (χ3v) is 4.31. The second kappa shape index (κ2) is 14.2. The van der Waals surface area contributed by atoms with Crippen molar-refractivity contribution in [2.24, 2.45) is 5.92 Å². The van der Waals surface area contributed by atoms with Gasteiger partial charge in [0.15, 0.2) is 5.78 Å². The highest BCUT2D eigenvalue weighted by Gasteiger charge is 2.15. The first-order valence-corrected chi connectivity index (χ1v) is 10.5. The molecule has 0 saturated heterocycles. The predicted molar refractivity (Wildman–Crippen MR) is 125 cm³/mol. The SMILES string of the molecule is C=C/C=C\C1=C(C(C)/C=C/C(=O)C2=CC=CCC=C2OCC)C=CCC=C1.CC. The molecule has 0 bridgehead atoms. The van der Waals surface area contributed by atoms with Gasteiger partial charge in [0.25, 0.3) is 0 Å². The molecule has 0 heterocycles. The molecule has 29 heavy (non-hydrogen) atoms. The van der Waals surface area contributed by atoms with Crippen molar-refractivity contribution >= 4 is 5.78 Å². The fourth-order valence-corrected chi connectivity index (χ4v) is 2.93. The van der Waals surface area contributed by atoms with E-state index in [0.717, 1.165) is 18.4 Å². The molecule has 2 aliphatic rings. The summed E-state index contributed by atoms with van der Waals surface area (Å²) in [5.41, 5.74) is 2.92. The minimum atomic E-state index is -0.0370. The molecule has 0 amide bonds. The molecule has 0 aromatic rings. The number of ether oxygens (including phenoxy) is 1. The van der Waals surface area contributed by atoms with Crippen molar-refractivity contribution in [2.45, 2.75) is 40.5 Å². The Balaban J connectivity index is 0.00000204. The Morgan fingerprint density at radius 3 is 2.69 bits per heavy atom. The molecule has 1 atom stereocenters. The first-order valence-electron chi connectivity index (χ1n) is 10.5. The molecule has 0 saturated carbocycles. The number of carbonyl (C=O) groups excluding carboxylic acids is 1. The van der Waals surface area contributed by atoms with E-state index in [0.29, 0.717) is 17.9 Å². The molecular weight excluding hydrogens is 356 g/mol. The van der Waals surface area contributed by atoms with Crippen molar-refractivity contribution in [3.05, 3.63) is 108 Å². The molecule has 0 aromatic heterocycles. The van der Waals surface area contributed by atoms with Gasteiger partial charge < -0.3 is 4.74 Å². The van der Waals surface area contributed by atoms with Crippen LogP contribution >= 0.6 is 0 Å². The lowest BCUT2D eigenvalue weighted by molar-refractivity contribution is -0.111. The zero-order chi connectivity index (χ0) is 21.5. The molecule has 2 heteroatoms. The Hall–Kier alpha value is -2.87. The third kappa shape index (κ3) is 7.95. The van der Waals surface area contributed by atoms with Crippen LogP contribution in [-0.2, 0) is 9.53 Å². The fraction of sp³-hybridized carbons (Fsp3) is 0.296. The van der Waals surface area contributed by atoms with Gasteiger partial charge in [0, 0.05) is 0 Å². The summed E-state index contributed by atoms with van der Waals surface area (Å²) in [4.78, 5) is 12.8. The molecule has 154 valence electrons. The van der Waals surface area contributed by atoms with E-state index in [1.807, 2.05) is 57.2 Å². The minimum absolute atomic E-state index is 0.0370. The van der Waals surface area contributed by atoms with E-state index in [1.54, 1.807) is 12.2 Å². The summed E-state index contributed by atoms with van der Waals surface area (Å²) in [5, 5.41) is 0. The summed E-state index contributed by atoms with van der Waals surface area (Å²) in [6, 6.07) is 0. The van der Waals surface area contributed by atoms with Gasteiger partial charge in [0.2, 0.25) is 0 Å². The maximum atomic E-state index is 12.8. The van der Waals surface area contributed by atoms with Crippen molar-refractivity contribution < 1.29 is 9.53 Å². The average Bonchev–Trinajstić information content (AvgIpc) is 3.12. The molecule has 0 fully saturated rings. The van der Waals surface area contributed by atoms with Crippen LogP contribution in [0.1, 0.15) is 40.5 Å². The first-order chi connectivity index (χ1) is 14.2. The van der Waals surface area contributed by atoms with Crippen LogP contribution in [0.3, 0.4) is 0 Å². The summed E-state index contributed by atoms with van der Waals surface area (Å²) >= 11 is 0. The van der Waals surface area contributed by atoms with Crippen LogP contribution in [0.15, 0.2) is 108 Å². The van der Waals surface area contributed by atoms with Crippen LogP contribution in [-0.4, -0.2) is 12.4 Å².